The van der Waals surface area contributed by atoms with Gasteiger partial charge in [-0.25, -0.2) is 24.7 Å². The Labute approximate surface area is 466 Å². The number of carbonyl (C=O) groups excluding carboxylic acids is 2. The number of nitro benzene ring substituents is 2. The number of methoxy groups -OCH3 is 4. The molecule has 0 saturated carbocycles. The van der Waals surface area contributed by atoms with E-state index in [9.17, 15) is 29.8 Å². The summed E-state index contributed by atoms with van der Waals surface area (Å²) in [5, 5.41) is 26.4. The van der Waals surface area contributed by atoms with Crippen LogP contribution in [0.25, 0.3) is 0 Å². The van der Waals surface area contributed by atoms with Crippen LogP contribution in [0.1, 0.15) is 39.2 Å². The fourth-order valence-electron chi connectivity index (χ4n) is 7.31. The molecule has 8 rings (SSSR count). The maximum absolute atomic E-state index is 13.8. The quantitative estimate of drug-likeness (QED) is 0.0341. The number of isocyanates is 1. The van der Waals surface area contributed by atoms with E-state index < -0.39 is 4.92 Å². The number of rotatable bonds is 19. The molecule has 0 aliphatic heterocycles. The first-order chi connectivity index (χ1) is 37.7. The largest absolute Gasteiger partial charge is 0.495 e. The van der Waals surface area contributed by atoms with Crippen molar-refractivity contribution in [3.8, 4) is 23.0 Å². The summed E-state index contributed by atoms with van der Waals surface area (Å²) in [4.78, 5) is 75.8. The number of para-hydroxylation sites is 2. The first-order valence-electron chi connectivity index (χ1n) is 22.8. The molecule has 4 aromatic heterocycles. The summed E-state index contributed by atoms with van der Waals surface area (Å²) in [6.07, 6.45) is 11.3. The van der Waals surface area contributed by atoms with Gasteiger partial charge in [0.2, 0.25) is 12.0 Å². The second-order valence-electron chi connectivity index (χ2n) is 16.0. The topological polar surface area (TPSA) is 262 Å². The zero-order valence-electron chi connectivity index (χ0n) is 41.8. The third-order valence-corrected chi connectivity index (χ3v) is 12.7. The number of nitrogens with one attached hydrogen (secondary N) is 1. The van der Waals surface area contributed by atoms with E-state index in [4.69, 9.17) is 65.4 Å². The Hall–Kier alpha value is -8.85. The Bertz CT molecular complexity index is 3380. The van der Waals surface area contributed by atoms with E-state index in [1.165, 1.54) is 70.3 Å². The number of benzene rings is 4. The van der Waals surface area contributed by atoms with Crippen LogP contribution in [0.15, 0.2) is 139 Å². The van der Waals surface area contributed by atoms with Gasteiger partial charge in [-0.15, -0.1) is 0 Å². The summed E-state index contributed by atoms with van der Waals surface area (Å²) >= 11 is 24.8. The van der Waals surface area contributed by atoms with Gasteiger partial charge >= 0.3 is 0 Å². The van der Waals surface area contributed by atoms with Gasteiger partial charge in [-0.05, 0) is 23.3 Å². The number of halogens is 4. The number of amides is 1. The monoisotopic (exact) mass is 1140 g/mol. The van der Waals surface area contributed by atoms with E-state index in [0.29, 0.717) is 75.7 Å². The highest BCUT2D eigenvalue weighted by atomic mass is 35.5. The number of hydrogen-bond donors (Lipinski definition) is 1. The SMILES string of the molecule is COc1cc(OC)c(Cl)c(CC(=O)N(Cc2cccnc2)c2cc(Cc3ccccc3[N+](=O)[O-])ncn2)c1Cl.COc1cc(OC)c(Cl)c(N=C=O)c1Cl.O=[N+]([O-])c1ccccc1Cc1cc(NCc2cccnc2)ncn1. The number of anilines is 2. The fraction of sp³-hybridized carbons (Fsp3) is 0.170. The van der Waals surface area contributed by atoms with Crippen LogP contribution in [0.3, 0.4) is 0 Å². The van der Waals surface area contributed by atoms with E-state index >= 15 is 0 Å². The van der Waals surface area contributed by atoms with E-state index in [2.05, 4.69) is 40.2 Å². The second kappa shape index (κ2) is 28.9. The molecule has 0 aliphatic rings. The van der Waals surface area contributed by atoms with E-state index in [1.807, 2.05) is 18.2 Å². The van der Waals surface area contributed by atoms with Gasteiger partial charge in [-0.2, -0.15) is 4.99 Å². The minimum atomic E-state index is -0.439. The number of nitro groups is 2. The van der Waals surface area contributed by atoms with E-state index in [-0.39, 0.29) is 67.4 Å². The van der Waals surface area contributed by atoms with Crippen LogP contribution in [0.2, 0.25) is 20.1 Å². The van der Waals surface area contributed by atoms with Crippen LogP contribution in [-0.4, -0.2) is 80.2 Å². The number of aromatic nitrogens is 6. The number of nitrogens with zero attached hydrogens (tertiary/aromatic N) is 10. The van der Waals surface area contributed by atoms with Crippen molar-refractivity contribution in [2.45, 2.75) is 32.4 Å². The number of ether oxygens (including phenoxy) is 4. The smallest absolute Gasteiger partial charge is 0.272 e. The van der Waals surface area contributed by atoms with E-state index in [1.54, 1.807) is 85.5 Å². The Kier molecular flexibility index (Phi) is 21.6. The normalized spacial score (nSPS) is 10.3. The molecule has 0 atom stereocenters. The van der Waals surface area contributed by atoms with Gasteiger partial charge < -0.3 is 24.3 Å². The van der Waals surface area contributed by atoms with Crippen molar-refractivity contribution in [2.24, 2.45) is 4.99 Å². The van der Waals surface area contributed by atoms with E-state index in [0.717, 1.165) is 11.1 Å². The first-order valence-corrected chi connectivity index (χ1v) is 24.4. The molecule has 4 aromatic carbocycles. The second-order valence-corrected chi connectivity index (χ2v) is 17.5. The number of pyridine rings is 2. The molecular weight excluding hydrogens is 1090 g/mol. The average Bonchev–Trinajstić information content (AvgIpc) is 3.46. The van der Waals surface area contributed by atoms with Crippen LogP contribution in [0, 0.1) is 20.2 Å². The van der Waals surface area contributed by atoms with Crippen molar-refractivity contribution in [3.05, 3.63) is 214 Å². The third kappa shape index (κ3) is 15.6. The van der Waals surface area contributed by atoms with Gasteiger partial charge in [0.15, 0.2) is 0 Å². The average molecular weight is 1140 g/mol. The molecule has 0 unspecified atom stereocenters. The maximum Gasteiger partial charge on any atom is 0.272 e. The van der Waals surface area contributed by atoms with Crippen LogP contribution in [-0.2, 0) is 41.9 Å². The predicted molar refractivity (Wildman–Crippen MR) is 293 cm³/mol. The molecule has 1 amide bonds. The highest BCUT2D eigenvalue weighted by Crippen LogP contribution is 2.45. The van der Waals surface area contributed by atoms with Gasteiger partial charge in [0.1, 0.15) is 63.0 Å². The molecule has 1 N–H and O–H groups in total. The van der Waals surface area contributed by atoms with Crippen LogP contribution >= 0.6 is 46.4 Å². The minimum Gasteiger partial charge on any atom is -0.495 e. The highest BCUT2D eigenvalue weighted by molar-refractivity contribution is 6.40. The molecule has 0 saturated heterocycles. The van der Waals surface area contributed by atoms with Crippen LogP contribution < -0.4 is 29.2 Å². The number of carbonyl (C=O) groups is 1. The van der Waals surface area contributed by atoms with Crippen LogP contribution in [0.4, 0.5) is 28.7 Å². The first kappa shape index (κ1) is 58.4. The molecule has 78 heavy (non-hydrogen) atoms. The lowest BCUT2D eigenvalue weighted by molar-refractivity contribution is -0.385. The van der Waals surface area contributed by atoms with Crippen LogP contribution in [0.5, 0.6) is 23.0 Å². The van der Waals surface area contributed by atoms with Gasteiger partial charge in [-0.1, -0.05) is 94.9 Å². The fourth-order valence-corrected chi connectivity index (χ4v) is 8.53. The Balaban J connectivity index is 0.000000213. The van der Waals surface area contributed by atoms with Crippen molar-refractivity contribution < 1.29 is 38.4 Å². The molecule has 0 radical (unpaired) electrons. The molecule has 0 fully saturated rings. The lowest BCUT2D eigenvalue weighted by Crippen LogP contribution is -2.33. The molecular formula is C53H45Cl4N11O10. The number of hydrogen-bond acceptors (Lipinski definition) is 18. The predicted octanol–water partition coefficient (Wildman–Crippen LogP) is 11.4. The lowest BCUT2D eigenvalue weighted by atomic mass is 10.1. The third-order valence-electron chi connectivity index (χ3n) is 11.1. The van der Waals surface area contributed by atoms with Gasteiger partial charge in [0.25, 0.3) is 11.4 Å². The summed E-state index contributed by atoms with van der Waals surface area (Å²) in [5.41, 5.74) is 4.62. The standard InChI is InChI=1S/C27H23Cl2N5O5.C17H15N5O2.C9H7Cl2NO3/c1-38-22-13-23(39-2)27(29)20(26(22)28)12-25(35)33(15-17-6-5-9-30-14-17)24-11-19(31-16-32-24)10-18-7-3-4-8-21(18)34(36)37;23-22(24)16-6-2-1-5-14(16)8-15-9-17(21-12-20-15)19-11-13-4-3-7-18-10-13;1-14-5-3-6(15-2)8(11)9(7(5)10)12-4-13/h3-9,11,13-14,16H,10,12,15H2,1-2H3;1-7,9-10,12H,8,11H2,(H,19,20,21);3H,1-2H3. The molecule has 4 heterocycles. The molecule has 25 heteroatoms. The minimum absolute atomic E-state index is 0.0165. The van der Waals surface area contributed by atoms with Gasteiger partial charge in [0.05, 0.1) is 72.7 Å². The van der Waals surface area contributed by atoms with Crippen molar-refractivity contribution >= 4 is 87.1 Å². The molecule has 8 aromatic rings. The molecule has 0 spiro atoms. The zero-order chi connectivity index (χ0) is 56.1. The molecule has 0 aliphatic carbocycles. The summed E-state index contributed by atoms with van der Waals surface area (Å²) in [5.74, 6) is 1.88. The van der Waals surface area contributed by atoms with Gasteiger partial charge in [-0.3, -0.25) is 39.9 Å². The summed E-state index contributed by atoms with van der Waals surface area (Å²) in [6, 6.07) is 27.0. The summed E-state index contributed by atoms with van der Waals surface area (Å²) in [6.45, 7) is 0.737. The lowest BCUT2D eigenvalue weighted by Gasteiger charge is -2.23. The maximum atomic E-state index is 13.8. The van der Waals surface area contributed by atoms with Crippen molar-refractivity contribution in [3.63, 3.8) is 0 Å². The Morgan fingerprint density at radius 2 is 1.13 bits per heavy atom. The highest BCUT2D eigenvalue weighted by Gasteiger charge is 2.25. The Morgan fingerprint density at radius 1 is 0.641 bits per heavy atom. The Morgan fingerprint density at radius 3 is 1.62 bits per heavy atom. The molecule has 0 bridgehead atoms. The molecule has 21 nitrogen and oxygen atoms in total. The number of aliphatic imine (C=N–C) groups is 1. The molecule has 400 valence electrons. The zero-order valence-corrected chi connectivity index (χ0v) is 44.8. The van der Waals surface area contributed by atoms with Crippen molar-refractivity contribution in [1.82, 2.24) is 29.9 Å². The van der Waals surface area contributed by atoms with Crippen molar-refractivity contribution in [2.75, 3.05) is 38.7 Å². The summed E-state index contributed by atoms with van der Waals surface area (Å²) in [7, 11) is 5.77. The van der Waals surface area contributed by atoms with Crippen molar-refractivity contribution in [1.29, 1.82) is 0 Å². The van der Waals surface area contributed by atoms with Gasteiger partial charge in [0, 0.05) is 97.3 Å². The summed E-state index contributed by atoms with van der Waals surface area (Å²) < 4.78 is 20.6.